The largest absolute Gasteiger partial charge is 0.494 e. The molecule has 0 amide bonds. The number of aromatic nitrogens is 3. The summed E-state index contributed by atoms with van der Waals surface area (Å²) < 4.78 is 23.0. The predicted molar refractivity (Wildman–Crippen MR) is 67.0 cm³/mol. The van der Waals surface area contributed by atoms with Crippen LogP contribution in [0, 0.1) is 5.82 Å². The van der Waals surface area contributed by atoms with Gasteiger partial charge in [0.1, 0.15) is 0 Å². The number of nitrogens with two attached hydrogens (primary N) is 1. The van der Waals surface area contributed by atoms with E-state index < -0.39 is 5.82 Å². The van der Waals surface area contributed by atoms with Crippen LogP contribution in [0.4, 0.5) is 22.0 Å². The van der Waals surface area contributed by atoms with Crippen LogP contribution < -0.4 is 20.5 Å². The number of nitrogens with one attached hydrogen (secondary N) is 1. The smallest absolute Gasteiger partial charge is 0.322 e. The van der Waals surface area contributed by atoms with Gasteiger partial charge >= 0.3 is 6.01 Å². The monoisotopic (exact) mass is 265 g/mol. The Morgan fingerprint density at radius 1 is 1.16 bits per heavy atom. The third kappa shape index (κ3) is 2.97. The molecule has 19 heavy (non-hydrogen) atoms. The summed E-state index contributed by atoms with van der Waals surface area (Å²) in [7, 11) is 2.80. The fourth-order valence-electron chi connectivity index (χ4n) is 1.39. The lowest BCUT2D eigenvalue weighted by Gasteiger charge is -2.08. The van der Waals surface area contributed by atoms with Gasteiger partial charge in [0.05, 0.1) is 14.2 Å². The van der Waals surface area contributed by atoms with Gasteiger partial charge in [0.2, 0.25) is 11.9 Å². The molecule has 8 heteroatoms. The Morgan fingerprint density at radius 3 is 2.63 bits per heavy atom. The number of benzene rings is 1. The molecular formula is C11H12FN5O2. The van der Waals surface area contributed by atoms with Gasteiger partial charge in [0.25, 0.3) is 0 Å². The predicted octanol–water partition coefficient (Wildman–Crippen LogP) is 1.35. The number of nitrogens with zero attached hydrogens (tertiary/aromatic N) is 3. The van der Waals surface area contributed by atoms with Gasteiger partial charge in [0.15, 0.2) is 11.6 Å². The van der Waals surface area contributed by atoms with Crippen LogP contribution in [0.5, 0.6) is 11.8 Å². The van der Waals surface area contributed by atoms with E-state index in [-0.39, 0.29) is 23.7 Å². The minimum Gasteiger partial charge on any atom is -0.494 e. The number of rotatable bonds is 4. The molecular weight excluding hydrogens is 253 g/mol. The second-order valence-electron chi connectivity index (χ2n) is 3.48. The minimum absolute atomic E-state index is 0.0171. The van der Waals surface area contributed by atoms with Gasteiger partial charge in [-0.3, -0.25) is 0 Å². The van der Waals surface area contributed by atoms with E-state index >= 15 is 0 Å². The lowest BCUT2D eigenvalue weighted by molar-refractivity contribution is 0.380. The molecule has 0 saturated carbocycles. The first kappa shape index (κ1) is 12.8. The van der Waals surface area contributed by atoms with Crippen LogP contribution in [0.15, 0.2) is 18.2 Å². The zero-order valence-electron chi connectivity index (χ0n) is 10.3. The molecule has 0 atom stereocenters. The molecule has 0 aliphatic heterocycles. The van der Waals surface area contributed by atoms with E-state index in [0.29, 0.717) is 5.69 Å². The molecule has 0 spiro atoms. The third-order valence-corrected chi connectivity index (χ3v) is 2.22. The lowest BCUT2D eigenvalue weighted by atomic mass is 10.3. The molecule has 1 aromatic carbocycles. The van der Waals surface area contributed by atoms with Gasteiger partial charge in [0, 0.05) is 11.8 Å². The highest BCUT2D eigenvalue weighted by atomic mass is 19.1. The number of anilines is 3. The summed E-state index contributed by atoms with van der Waals surface area (Å²) in [5.41, 5.74) is 6.05. The molecule has 1 aromatic heterocycles. The van der Waals surface area contributed by atoms with E-state index in [4.69, 9.17) is 15.2 Å². The van der Waals surface area contributed by atoms with E-state index in [0.717, 1.165) is 0 Å². The maximum atomic E-state index is 13.3. The van der Waals surface area contributed by atoms with E-state index in [1.54, 1.807) is 0 Å². The number of hydrogen-bond donors (Lipinski definition) is 2. The summed E-state index contributed by atoms with van der Waals surface area (Å²) in [5.74, 6) is -0.138. The van der Waals surface area contributed by atoms with Crippen LogP contribution in [0.3, 0.4) is 0 Å². The van der Waals surface area contributed by atoms with Gasteiger partial charge in [-0.1, -0.05) is 0 Å². The van der Waals surface area contributed by atoms with Crippen LogP contribution in [0.25, 0.3) is 0 Å². The van der Waals surface area contributed by atoms with Crippen LogP contribution >= 0.6 is 0 Å². The Kier molecular flexibility index (Phi) is 3.60. The topological polar surface area (TPSA) is 95.2 Å². The molecule has 100 valence electrons. The number of ether oxygens (including phenoxy) is 2. The first-order valence-electron chi connectivity index (χ1n) is 5.28. The standard InChI is InChI=1S/C11H12FN5O2/c1-18-8-5-6(3-4-7(8)12)14-10-15-9(13)16-11(17-10)19-2/h3-5H,1-2H3,(H3,13,14,15,16,17). The van der Waals surface area contributed by atoms with Crippen molar-refractivity contribution in [3.05, 3.63) is 24.0 Å². The highest BCUT2D eigenvalue weighted by Crippen LogP contribution is 2.23. The molecule has 1 heterocycles. The van der Waals surface area contributed by atoms with Gasteiger partial charge in [-0.05, 0) is 12.1 Å². The average molecular weight is 265 g/mol. The summed E-state index contributed by atoms with van der Waals surface area (Å²) in [5, 5.41) is 2.85. The number of nitrogen functional groups attached to an aromatic ring is 1. The normalized spacial score (nSPS) is 10.1. The van der Waals surface area contributed by atoms with Crippen LogP contribution in [-0.4, -0.2) is 29.2 Å². The Hall–Kier alpha value is -2.64. The van der Waals surface area contributed by atoms with Crippen molar-refractivity contribution in [3.8, 4) is 11.8 Å². The highest BCUT2D eigenvalue weighted by Gasteiger charge is 2.07. The van der Waals surface area contributed by atoms with Crippen molar-refractivity contribution in [1.29, 1.82) is 0 Å². The molecule has 2 rings (SSSR count). The quantitative estimate of drug-likeness (QED) is 0.861. The molecule has 0 saturated heterocycles. The number of methoxy groups -OCH3 is 2. The molecule has 0 aliphatic rings. The Bertz CT molecular complexity index is 593. The zero-order chi connectivity index (χ0) is 13.8. The van der Waals surface area contributed by atoms with E-state index in [1.165, 1.54) is 32.4 Å². The van der Waals surface area contributed by atoms with E-state index in [1.807, 2.05) is 0 Å². The Morgan fingerprint density at radius 2 is 1.95 bits per heavy atom. The van der Waals surface area contributed by atoms with Gasteiger partial charge in [-0.25, -0.2) is 4.39 Å². The summed E-state index contributed by atoms with van der Waals surface area (Å²) >= 11 is 0. The molecule has 0 bridgehead atoms. The van der Waals surface area contributed by atoms with Crippen molar-refractivity contribution >= 4 is 17.6 Å². The first-order valence-corrected chi connectivity index (χ1v) is 5.28. The molecule has 0 aliphatic carbocycles. The molecule has 0 radical (unpaired) electrons. The van der Waals surface area contributed by atoms with E-state index in [9.17, 15) is 4.39 Å². The van der Waals surface area contributed by atoms with Crippen molar-refractivity contribution in [1.82, 2.24) is 15.0 Å². The van der Waals surface area contributed by atoms with Crippen LogP contribution in [0.2, 0.25) is 0 Å². The summed E-state index contributed by atoms with van der Waals surface area (Å²) in [6, 6.07) is 4.35. The molecule has 0 unspecified atom stereocenters. The summed E-state index contributed by atoms with van der Waals surface area (Å²) in [6.07, 6.45) is 0. The minimum atomic E-state index is -0.458. The maximum absolute atomic E-state index is 13.3. The third-order valence-electron chi connectivity index (χ3n) is 2.22. The summed E-state index contributed by atoms with van der Waals surface area (Å²) in [4.78, 5) is 11.6. The van der Waals surface area contributed by atoms with Crippen molar-refractivity contribution in [2.75, 3.05) is 25.3 Å². The zero-order valence-corrected chi connectivity index (χ0v) is 10.3. The van der Waals surface area contributed by atoms with Crippen LogP contribution in [0.1, 0.15) is 0 Å². The van der Waals surface area contributed by atoms with E-state index in [2.05, 4.69) is 20.3 Å². The Balaban J connectivity index is 2.28. The average Bonchev–Trinajstić information content (AvgIpc) is 2.40. The van der Waals surface area contributed by atoms with Crippen molar-refractivity contribution < 1.29 is 13.9 Å². The maximum Gasteiger partial charge on any atom is 0.322 e. The second kappa shape index (κ2) is 5.34. The number of halogens is 1. The van der Waals surface area contributed by atoms with Crippen molar-refractivity contribution in [3.63, 3.8) is 0 Å². The van der Waals surface area contributed by atoms with Gasteiger partial charge in [-0.2, -0.15) is 15.0 Å². The molecule has 0 fully saturated rings. The van der Waals surface area contributed by atoms with Crippen molar-refractivity contribution in [2.24, 2.45) is 0 Å². The van der Waals surface area contributed by atoms with Crippen molar-refractivity contribution in [2.45, 2.75) is 0 Å². The fourth-order valence-corrected chi connectivity index (χ4v) is 1.39. The Labute approximate surface area is 108 Å². The number of hydrogen-bond acceptors (Lipinski definition) is 7. The molecule has 3 N–H and O–H groups in total. The lowest BCUT2D eigenvalue weighted by Crippen LogP contribution is -2.05. The summed E-state index contributed by atoms with van der Waals surface area (Å²) in [6.45, 7) is 0. The first-order chi connectivity index (χ1) is 9.12. The SMILES string of the molecule is COc1nc(N)nc(Nc2ccc(F)c(OC)c2)n1. The highest BCUT2D eigenvalue weighted by molar-refractivity contribution is 5.56. The van der Waals surface area contributed by atoms with Gasteiger partial charge < -0.3 is 20.5 Å². The molecule has 7 nitrogen and oxygen atoms in total. The van der Waals surface area contributed by atoms with Crippen LogP contribution in [-0.2, 0) is 0 Å². The molecule has 2 aromatic rings. The van der Waals surface area contributed by atoms with Gasteiger partial charge in [-0.15, -0.1) is 0 Å². The fraction of sp³-hybridized carbons (Fsp3) is 0.182. The second-order valence-corrected chi connectivity index (χ2v) is 3.48.